The number of ether oxygens (including phenoxy) is 2. The van der Waals surface area contributed by atoms with Crippen molar-refractivity contribution < 1.29 is 60.5 Å². The van der Waals surface area contributed by atoms with Gasteiger partial charge in [-0.1, -0.05) is 148 Å². The Labute approximate surface area is 286 Å². The quantitative estimate of drug-likeness (QED) is 0.173. The van der Waals surface area contributed by atoms with Gasteiger partial charge >= 0.3 is 0 Å². The molecule has 0 heterocycles. The summed E-state index contributed by atoms with van der Waals surface area (Å²) in [5, 5.41) is 8.70. The van der Waals surface area contributed by atoms with Crippen molar-refractivity contribution in [2.75, 3.05) is 44.5 Å². The SMILES string of the molecule is C[C-]=O.O=S(=O)(CCOCCOCCO)CCC1CCCCCCCCCCCCCCCCCCCCCCC1.[Y]. The number of rotatable bonds is 11. The summed E-state index contributed by atoms with van der Waals surface area (Å²) in [4.78, 5) is 8.68. The van der Waals surface area contributed by atoms with Gasteiger partial charge in [-0.15, -0.1) is 0 Å². The van der Waals surface area contributed by atoms with Crippen molar-refractivity contribution in [1.82, 2.24) is 0 Å². The molecule has 42 heavy (non-hydrogen) atoms. The first kappa shape index (κ1) is 44.7. The molecule has 8 heteroatoms. The predicted molar refractivity (Wildman–Crippen MR) is 173 cm³/mol. The normalized spacial score (nSPS) is 18.9. The van der Waals surface area contributed by atoms with Gasteiger partial charge in [-0.2, -0.15) is 6.92 Å². The third-order valence-corrected chi connectivity index (χ3v) is 9.85. The summed E-state index contributed by atoms with van der Waals surface area (Å²) in [5.41, 5.74) is 0. The van der Waals surface area contributed by atoms with Crippen molar-refractivity contribution in [2.24, 2.45) is 5.92 Å². The van der Waals surface area contributed by atoms with Gasteiger partial charge in [-0.3, -0.25) is 6.29 Å². The molecule has 0 aromatic heterocycles. The molecule has 1 aliphatic rings. The van der Waals surface area contributed by atoms with Gasteiger partial charge in [-0.25, -0.2) is 8.42 Å². The molecule has 1 radical (unpaired) electrons. The molecular formula is C34H67O6SY-. The smallest absolute Gasteiger partial charge is 0.152 e. The van der Waals surface area contributed by atoms with E-state index in [0.29, 0.717) is 31.5 Å². The predicted octanol–water partition coefficient (Wildman–Crippen LogP) is 8.53. The Morgan fingerprint density at radius 1 is 0.571 bits per heavy atom. The molecule has 0 aromatic carbocycles. The maximum Gasteiger partial charge on any atom is 0.152 e. The monoisotopic (exact) mass is 692 g/mol. The minimum atomic E-state index is -3.08. The minimum Gasteiger partial charge on any atom is -0.542 e. The van der Waals surface area contributed by atoms with Crippen LogP contribution in [-0.4, -0.2) is 64.4 Å². The molecule has 1 aliphatic carbocycles. The van der Waals surface area contributed by atoms with Crippen LogP contribution >= 0.6 is 0 Å². The topological polar surface area (TPSA) is 89.9 Å². The molecule has 1 rings (SSSR count). The summed E-state index contributed by atoms with van der Waals surface area (Å²) in [6.07, 6.45) is 33.7. The Kier molecular flexibility index (Phi) is 38.4. The fraction of sp³-hybridized carbons (Fsp3) is 0.971. The second-order valence-electron chi connectivity index (χ2n) is 12.0. The van der Waals surface area contributed by atoms with Gasteiger partial charge in [-0.05, 0) is 12.3 Å². The Hall–Kier alpha value is 0.604. The Bertz CT molecular complexity index is 608. The Balaban J connectivity index is 0. The van der Waals surface area contributed by atoms with Crippen molar-refractivity contribution in [3.63, 3.8) is 0 Å². The average Bonchev–Trinajstić information content (AvgIpc) is 2.95. The zero-order valence-electron chi connectivity index (χ0n) is 27.5. The number of carbonyl (C=O) groups excluding carboxylic acids is 1. The Morgan fingerprint density at radius 3 is 1.21 bits per heavy atom. The zero-order valence-corrected chi connectivity index (χ0v) is 31.1. The summed E-state index contributed by atoms with van der Waals surface area (Å²) in [6, 6.07) is 0. The van der Waals surface area contributed by atoms with Gasteiger partial charge in [0.1, 0.15) is 0 Å². The molecule has 1 saturated carbocycles. The van der Waals surface area contributed by atoms with E-state index in [1.807, 2.05) is 0 Å². The molecule has 0 aliphatic heterocycles. The molecule has 1 fully saturated rings. The van der Waals surface area contributed by atoms with Gasteiger partial charge < -0.3 is 19.4 Å². The molecule has 0 amide bonds. The van der Waals surface area contributed by atoms with Crippen molar-refractivity contribution >= 4 is 16.1 Å². The van der Waals surface area contributed by atoms with Crippen molar-refractivity contribution in [1.29, 1.82) is 0 Å². The molecule has 0 aromatic rings. The van der Waals surface area contributed by atoms with E-state index in [0.717, 1.165) is 6.42 Å². The number of aliphatic hydroxyl groups is 1. The van der Waals surface area contributed by atoms with Gasteiger partial charge in [0.15, 0.2) is 9.84 Å². The van der Waals surface area contributed by atoms with Gasteiger partial charge in [0.05, 0.1) is 44.5 Å². The molecule has 0 spiro atoms. The molecule has 0 bridgehead atoms. The second-order valence-corrected chi connectivity index (χ2v) is 14.3. The van der Waals surface area contributed by atoms with E-state index in [4.69, 9.17) is 19.4 Å². The van der Waals surface area contributed by atoms with Gasteiger partial charge in [0, 0.05) is 32.7 Å². The molecule has 249 valence electrons. The number of aliphatic hydroxyl groups excluding tert-OH is 1. The van der Waals surface area contributed by atoms with Crippen LogP contribution in [0.2, 0.25) is 0 Å². The van der Waals surface area contributed by atoms with Crippen molar-refractivity contribution in [3.8, 4) is 0 Å². The third kappa shape index (κ3) is 35.1. The van der Waals surface area contributed by atoms with Crippen LogP contribution in [0.1, 0.15) is 161 Å². The number of sulfone groups is 1. The fourth-order valence-corrected chi connectivity index (χ4v) is 6.95. The molecular weight excluding hydrogens is 625 g/mol. The van der Waals surface area contributed by atoms with E-state index >= 15 is 0 Å². The van der Waals surface area contributed by atoms with Crippen LogP contribution in [0.25, 0.3) is 0 Å². The van der Waals surface area contributed by atoms with Gasteiger partial charge in [0.25, 0.3) is 0 Å². The van der Waals surface area contributed by atoms with Crippen LogP contribution in [0.5, 0.6) is 0 Å². The molecule has 0 atom stereocenters. The van der Waals surface area contributed by atoms with Crippen LogP contribution in [0.3, 0.4) is 0 Å². The third-order valence-electron chi connectivity index (χ3n) is 8.21. The molecule has 0 unspecified atom stereocenters. The molecule has 1 N–H and O–H groups in total. The van der Waals surface area contributed by atoms with E-state index in [1.165, 1.54) is 161 Å². The summed E-state index contributed by atoms with van der Waals surface area (Å²) < 4.78 is 35.7. The largest absolute Gasteiger partial charge is 0.542 e. The number of hydrogen-bond acceptors (Lipinski definition) is 6. The van der Waals surface area contributed by atoms with Crippen LogP contribution in [0, 0.1) is 5.92 Å². The van der Waals surface area contributed by atoms with Crippen LogP contribution < -0.4 is 0 Å². The first-order valence-corrected chi connectivity index (χ1v) is 19.1. The van der Waals surface area contributed by atoms with Crippen LogP contribution in [0.15, 0.2) is 0 Å². The summed E-state index contributed by atoms with van der Waals surface area (Å²) in [7, 11) is -3.08. The standard InChI is InChI=1S/C32H64O5S.C2H3O.Y/c33-25-26-36-27-28-37-29-31-38(34,35)30-24-32-22-20-18-16-14-12-10-8-6-4-2-1-3-5-7-9-11-13-15-17-19-21-23-32;1-2-3;/h32-33H,1-31H2;1H3;/q;-1;. The average molecular weight is 693 g/mol. The zero-order chi connectivity index (χ0) is 30.1. The van der Waals surface area contributed by atoms with E-state index in [1.54, 1.807) is 0 Å². The van der Waals surface area contributed by atoms with Crippen molar-refractivity contribution in [2.45, 2.75) is 161 Å². The maximum atomic E-state index is 12.6. The summed E-state index contributed by atoms with van der Waals surface area (Å²) in [5.74, 6) is 0.935. The summed E-state index contributed by atoms with van der Waals surface area (Å²) in [6.45, 7) is 2.61. The minimum absolute atomic E-state index is 0. The first-order valence-electron chi connectivity index (χ1n) is 17.3. The van der Waals surface area contributed by atoms with Crippen molar-refractivity contribution in [3.05, 3.63) is 0 Å². The van der Waals surface area contributed by atoms with E-state index in [-0.39, 0.29) is 51.7 Å². The van der Waals surface area contributed by atoms with E-state index < -0.39 is 9.84 Å². The van der Waals surface area contributed by atoms with E-state index in [9.17, 15) is 8.42 Å². The van der Waals surface area contributed by atoms with Gasteiger partial charge in [0.2, 0.25) is 0 Å². The number of hydrogen-bond donors (Lipinski definition) is 1. The van der Waals surface area contributed by atoms with Crippen LogP contribution in [-0.2, 0) is 56.8 Å². The summed E-state index contributed by atoms with van der Waals surface area (Å²) >= 11 is 0. The molecule has 0 saturated heterocycles. The second kappa shape index (κ2) is 36.1. The Morgan fingerprint density at radius 2 is 0.881 bits per heavy atom. The molecule has 6 nitrogen and oxygen atoms in total. The van der Waals surface area contributed by atoms with E-state index in [2.05, 4.69) is 0 Å². The fourth-order valence-electron chi connectivity index (χ4n) is 5.68. The first-order chi connectivity index (χ1) is 20.1. The maximum absolute atomic E-state index is 12.6. The van der Waals surface area contributed by atoms with Crippen LogP contribution in [0.4, 0.5) is 0 Å².